The average Bonchev–Trinajstić information content (AvgIpc) is 2.77. The molecule has 1 N–H and O–H groups in total. The largest absolute Gasteiger partial charge is 0.494 e. The van der Waals surface area contributed by atoms with Gasteiger partial charge in [-0.05, 0) is 81.1 Å². The summed E-state index contributed by atoms with van der Waals surface area (Å²) in [4.78, 5) is 17.4. The summed E-state index contributed by atoms with van der Waals surface area (Å²) in [5.74, 6) is 1.42. The number of ether oxygens (including phenoxy) is 1. The van der Waals surface area contributed by atoms with E-state index >= 15 is 0 Å². The van der Waals surface area contributed by atoms with E-state index in [1.807, 2.05) is 11.0 Å². The third kappa shape index (κ3) is 7.39. The molecule has 1 atom stereocenters. The normalized spacial score (nSPS) is 19.9. The van der Waals surface area contributed by atoms with Gasteiger partial charge in [-0.15, -0.1) is 0 Å². The van der Waals surface area contributed by atoms with Crippen molar-refractivity contribution in [3.05, 3.63) is 59.6 Å². The number of halogens is 1. The van der Waals surface area contributed by atoms with Crippen molar-refractivity contribution >= 4 is 6.03 Å². The zero-order valence-electron chi connectivity index (χ0n) is 19.0. The van der Waals surface area contributed by atoms with Crippen LogP contribution in [0.1, 0.15) is 38.7 Å². The lowest BCUT2D eigenvalue weighted by Gasteiger charge is -2.37. The molecule has 1 aromatic carbocycles. The van der Waals surface area contributed by atoms with E-state index in [9.17, 15) is 9.18 Å². The molecule has 170 valence electrons. The zero-order valence-corrected chi connectivity index (χ0v) is 19.0. The van der Waals surface area contributed by atoms with E-state index < -0.39 is 0 Å². The van der Waals surface area contributed by atoms with E-state index in [-0.39, 0.29) is 23.8 Å². The van der Waals surface area contributed by atoms with Gasteiger partial charge in [0.05, 0.1) is 6.61 Å². The molecule has 5 nitrogen and oxygen atoms in total. The van der Waals surface area contributed by atoms with Crippen LogP contribution in [0.2, 0.25) is 0 Å². The number of nitrogens with zero attached hydrogens (tertiary/aromatic N) is 2. The molecule has 1 aliphatic heterocycles. The molecule has 0 saturated carbocycles. The van der Waals surface area contributed by atoms with Crippen LogP contribution < -0.4 is 5.32 Å². The van der Waals surface area contributed by atoms with E-state index in [0.717, 1.165) is 43.7 Å². The first-order valence-corrected chi connectivity index (χ1v) is 11.4. The summed E-state index contributed by atoms with van der Waals surface area (Å²) in [6.45, 7) is 8.03. The van der Waals surface area contributed by atoms with Crippen LogP contribution in [0.5, 0.6) is 0 Å². The third-order valence-corrected chi connectivity index (χ3v) is 5.91. The Morgan fingerprint density at radius 3 is 2.58 bits per heavy atom. The van der Waals surface area contributed by atoms with Gasteiger partial charge in [0, 0.05) is 19.1 Å². The number of nitrogens with one attached hydrogen (secondary N) is 1. The minimum absolute atomic E-state index is 0.0434. The molecule has 31 heavy (non-hydrogen) atoms. The van der Waals surface area contributed by atoms with Crippen LogP contribution in [0, 0.1) is 17.7 Å². The first-order valence-electron chi connectivity index (χ1n) is 11.4. The SMILES string of the molecule is CC(C)COC1=CCC(CNC(=O)N(Cc2ccc(F)cc2)C2CCN(C)CC2)C=C1. The lowest BCUT2D eigenvalue weighted by atomic mass is 10.00. The Kier molecular flexibility index (Phi) is 8.52. The number of allylic oxidation sites excluding steroid dienone is 2. The van der Waals surface area contributed by atoms with Crippen LogP contribution in [0.3, 0.4) is 0 Å². The van der Waals surface area contributed by atoms with Crippen molar-refractivity contribution in [1.29, 1.82) is 0 Å². The molecule has 1 aromatic rings. The van der Waals surface area contributed by atoms with Gasteiger partial charge in [-0.2, -0.15) is 0 Å². The van der Waals surface area contributed by atoms with E-state index in [4.69, 9.17) is 4.74 Å². The van der Waals surface area contributed by atoms with Crippen LogP contribution in [-0.4, -0.2) is 55.2 Å². The highest BCUT2D eigenvalue weighted by Gasteiger charge is 2.27. The maximum absolute atomic E-state index is 13.3. The Balaban J connectivity index is 1.56. The fourth-order valence-electron chi connectivity index (χ4n) is 3.95. The Hall–Kier alpha value is -2.34. The number of rotatable bonds is 8. The second kappa shape index (κ2) is 11.3. The number of hydrogen-bond acceptors (Lipinski definition) is 3. The number of likely N-dealkylation sites (tertiary alicyclic amines) is 1. The Morgan fingerprint density at radius 1 is 1.26 bits per heavy atom. The average molecular weight is 430 g/mol. The van der Waals surface area contributed by atoms with Gasteiger partial charge < -0.3 is 19.9 Å². The molecule has 0 bridgehead atoms. The Morgan fingerprint density at radius 2 is 1.97 bits per heavy atom. The van der Waals surface area contributed by atoms with Crippen LogP contribution in [0.25, 0.3) is 0 Å². The zero-order chi connectivity index (χ0) is 22.2. The molecule has 1 unspecified atom stereocenters. The van der Waals surface area contributed by atoms with Crippen LogP contribution in [-0.2, 0) is 11.3 Å². The molecule has 1 heterocycles. The van der Waals surface area contributed by atoms with Crippen LogP contribution in [0.4, 0.5) is 9.18 Å². The third-order valence-electron chi connectivity index (χ3n) is 5.91. The molecule has 3 rings (SSSR count). The lowest BCUT2D eigenvalue weighted by molar-refractivity contribution is 0.126. The molecule has 0 radical (unpaired) electrons. The summed E-state index contributed by atoms with van der Waals surface area (Å²) in [5, 5.41) is 3.14. The number of benzene rings is 1. The second-order valence-electron chi connectivity index (χ2n) is 9.14. The van der Waals surface area contributed by atoms with Crippen LogP contribution >= 0.6 is 0 Å². The topological polar surface area (TPSA) is 44.8 Å². The van der Waals surface area contributed by atoms with E-state index in [2.05, 4.69) is 43.3 Å². The van der Waals surface area contributed by atoms with E-state index in [1.165, 1.54) is 12.1 Å². The lowest BCUT2D eigenvalue weighted by Crippen LogP contribution is -2.50. The van der Waals surface area contributed by atoms with Gasteiger partial charge in [-0.1, -0.05) is 32.1 Å². The molecule has 2 aliphatic rings. The number of amides is 2. The number of urea groups is 1. The highest BCUT2D eigenvalue weighted by atomic mass is 19.1. The molecular weight excluding hydrogens is 393 g/mol. The van der Waals surface area contributed by atoms with Crippen molar-refractivity contribution in [3.8, 4) is 0 Å². The van der Waals surface area contributed by atoms with Gasteiger partial charge in [0.25, 0.3) is 0 Å². The number of hydrogen-bond donors (Lipinski definition) is 1. The standard InChI is InChI=1S/C25H36FN3O2/c1-19(2)18-31-24-10-6-20(7-11-24)16-27-25(30)29(23-12-14-28(3)15-13-23)17-21-4-8-22(26)9-5-21/h4-6,8-11,19-20,23H,7,12-18H2,1-3H3,(H,27,30). The van der Waals surface area contributed by atoms with Gasteiger partial charge in [0.1, 0.15) is 11.6 Å². The maximum atomic E-state index is 13.3. The van der Waals surface area contributed by atoms with Gasteiger partial charge in [-0.25, -0.2) is 9.18 Å². The first kappa shape index (κ1) is 23.3. The summed E-state index contributed by atoms with van der Waals surface area (Å²) >= 11 is 0. The minimum Gasteiger partial charge on any atom is -0.494 e. The summed E-state index contributed by atoms with van der Waals surface area (Å²) in [6.07, 6.45) is 9.00. The molecule has 6 heteroatoms. The van der Waals surface area contributed by atoms with Crippen molar-refractivity contribution in [2.45, 2.75) is 45.7 Å². The number of carbonyl (C=O) groups is 1. The minimum atomic E-state index is -0.257. The highest BCUT2D eigenvalue weighted by Crippen LogP contribution is 2.20. The predicted molar refractivity (Wildman–Crippen MR) is 122 cm³/mol. The predicted octanol–water partition coefficient (Wildman–Crippen LogP) is 4.56. The van der Waals surface area contributed by atoms with Gasteiger partial charge in [0.15, 0.2) is 0 Å². The first-order chi connectivity index (χ1) is 14.9. The molecule has 0 spiro atoms. The van der Waals surface area contributed by atoms with Crippen molar-refractivity contribution in [2.24, 2.45) is 11.8 Å². The summed E-state index contributed by atoms with van der Waals surface area (Å²) in [5.41, 5.74) is 0.947. The van der Waals surface area contributed by atoms with E-state index in [1.54, 1.807) is 12.1 Å². The number of piperidine rings is 1. The van der Waals surface area contributed by atoms with Crippen molar-refractivity contribution in [3.63, 3.8) is 0 Å². The van der Waals surface area contributed by atoms with Crippen molar-refractivity contribution < 1.29 is 13.9 Å². The molecule has 1 fully saturated rings. The quantitative estimate of drug-likeness (QED) is 0.659. The fourth-order valence-corrected chi connectivity index (χ4v) is 3.95. The highest BCUT2D eigenvalue weighted by molar-refractivity contribution is 5.74. The monoisotopic (exact) mass is 429 g/mol. The number of carbonyl (C=O) groups excluding carboxylic acids is 1. The molecule has 0 aromatic heterocycles. The fraction of sp³-hybridized carbons (Fsp3) is 0.560. The van der Waals surface area contributed by atoms with Crippen LogP contribution in [0.15, 0.2) is 48.3 Å². The summed E-state index contributed by atoms with van der Waals surface area (Å²) in [6, 6.07) is 6.59. The smallest absolute Gasteiger partial charge is 0.317 e. The molecular formula is C25H36FN3O2. The van der Waals surface area contributed by atoms with Gasteiger partial charge >= 0.3 is 6.03 Å². The second-order valence-corrected chi connectivity index (χ2v) is 9.14. The van der Waals surface area contributed by atoms with Crippen molar-refractivity contribution in [1.82, 2.24) is 15.1 Å². The summed E-state index contributed by atoms with van der Waals surface area (Å²) in [7, 11) is 2.11. The van der Waals surface area contributed by atoms with Crippen molar-refractivity contribution in [2.75, 3.05) is 33.3 Å². The summed E-state index contributed by atoms with van der Waals surface area (Å²) < 4.78 is 19.1. The maximum Gasteiger partial charge on any atom is 0.317 e. The molecule has 1 saturated heterocycles. The molecule has 2 amide bonds. The van der Waals surface area contributed by atoms with Gasteiger partial charge in [0.2, 0.25) is 0 Å². The van der Waals surface area contributed by atoms with Gasteiger partial charge in [-0.3, -0.25) is 0 Å². The Bertz CT molecular complexity index is 767. The molecule has 1 aliphatic carbocycles. The Labute approximate surface area is 185 Å². The van der Waals surface area contributed by atoms with E-state index in [0.29, 0.717) is 25.6 Å².